The van der Waals surface area contributed by atoms with Crippen LogP contribution in [0.15, 0.2) is 30.6 Å². The van der Waals surface area contributed by atoms with E-state index < -0.39 is 46.5 Å². The van der Waals surface area contributed by atoms with Crippen molar-refractivity contribution in [3.63, 3.8) is 0 Å². The zero-order chi connectivity index (χ0) is 35.6. The van der Waals surface area contributed by atoms with Crippen LogP contribution in [0.4, 0.5) is 14.7 Å². The molecule has 0 saturated carbocycles. The molecule has 50 heavy (non-hydrogen) atoms. The van der Waals surface area contributed by atoms with Crippen LogP contribution >= 0.6 is 0 Å². The molecule has 5 heterocycles. The maximum absolute atomic E-state index is 13.3. The van der Waals surface area contributed by atoms with Crippen LogP contribution in [-0.2, 0) is 19.8 Å². The number of hydrogen-bond donors (Lipinski definition) is 2. The Bertz CT molecular complexity index is 1720. The standard InChI is InChI=1S/C32H40F2N8O7S/c1-39(50(47,48)41-15-9-22(10-16-41)37-32-35-18-23(19-36-32)49-31(33)34)11-2-12-40-13-7-20(8-14-40)21-3-4-24-25(17-21)30(46)42(29(24)45)26-5-6-27(43)38-28(26)44/h3-4,17-20,22,26,31H,2,5-16H2,1H3,(H,35,36,37)(H,38,43,44). The number of carbonyl (C=O) groups excluding carboxylic acids is 4. The number of amides is 4. The number of carbonyl (C=O) groups is 4. The Hall–Kier alpha value is -4.13. The summed E-state index contributed by atoms with van der Waals surface area (Å²) in [7, 11) is -2.06. The van der Waals surface area contributed by atoms with Gasteiger partial charge in [0.05, 0.1) is 23.5 Å². The lowest BCUT2D eigenvalue weighted by Crippen LogP contribution is -2.54. The van der Waals surface area contributed by atoms with Gasteiger partial charge in [0.15, 0.2) is 5.75 Å². The van der Waals surface area contributed by atoms with Crippen molar-refractivity contribution in [2.24, 2.45) is 0 Å². The number of ether oxygens (including phenoxy) is 1. The first kappa shape index (κ1) is 35.7. The van der Waals surface area contributed by atoms with Gasteiger partial charge in [0.25, 0.3) is 22.0 Å². The lowest BCUT2D eigenvalue weighted by Gasteiger charge is -2.35. The molecule has 1 aromatic heterocycles. The van der Waals surface area contributed by atoms with Gasteiger partial charge in [-0.3, -0.25) is 29.4 Å². The van der Waals surface area contributed by atoms with E-state index in [-0.39, 0.29) is 47.6 Å². The predicted molar refractivity (Wildman–Crippen MR) is 175 cm³/mol. The van der Waals surface area contributed by atoms with E-state index in [1.165, 1.54) is 8.61 Å². The number of halogens is 2. The van der Waals surface area contributed by atoms with Crippen molar-refractivity contribution in [3.8, 4) is 5.75 Å². The number of piperidine rings is 3. The maximum atomic E-state index is 13.3. The van der Waals surface area contributed by atoms with Gasteiger partial charge in [0.1, 0.15) is 6.04 Å². The van der Waals surface area contributed by atoms with E-state index in [2.05, 4.69) is 30.2 Å². The van der Waals surface area contributed by atoms with E-state index in [0.29, 0.717) is 38.9 Å². The molecule has 2 aromatic rings. The molecule has 6 rings (SSSR count). The fourth-order valence-electron chi connectivity index (χ4n) is 7.03. The third-order valence-electron chi connectivity index (χ3n) is 9.83. The lowest BCUT2D eigenvalue weighted by atomic mass is 9.88. The number of rotatable bonds is 12. The van der Waals surface area contributed by atoms with Gasteiger partial charge in [0.2, 0.25) is 17.8 Å². The Morgan fingerprint density at radius 1 is 0.980 bits per heavy atom. The number of aromatic nitrogens is 2. The lowest BCUT2D eigenvalue weighted by molar-refractivity contribution is -0.136. The number of alkyl halides is 2. The fourth-order valence-corrected chi connectivity index (χ4v) is 8.46. The molecule has 1 unspecified atom stereocenters. The predicted octanol–water partition coefficient (Wildman–Crippen LogP) is 1.80. The zero-order valence-corrected chi connectivity index (χ0v) is 28.4. The summed E-state index contributed by atoms with van der Waals surface area (Å²) in [6, 6.07) is 4.23. The maximum Gasteiger partial charge on any atom is 0.387 e. The number of nitrogens with zero attached hydrogens (tertiary/aromatic N) is 6. The Morgan fingerprint density at radius 3 is 2.32 bits per heavy atom. The topological polar surface area (TPSA) is 174 Å². The Balaban J connectivity index is 0.925. The quantitative estimate of drug-likeness (QED) is 0.307. The van der Waals surface area contributed by atoms with Crippen LogP contribution < -0.4 is 15.4 Å². The third-order valence-corrected chi connectivity index (χ3v) is 11.8. The number of fused-ring (bicyclic) bond motifs is 1. The van der Waals surface area contributed by atoms with Crippen molar-refractivity contribution in [2.45, 2.75) is 69.6 Å². The summed E-state index contributed by atoms with van der Waals surface area (Å²) in [5.41, 5.74) is 1.51. The molecule has 0 aliphatic carbocycles. The van der Waals surface area contributed by atoms with Crippen LogP contribution in [0.2, 0.25) is 0 Å². The van der Waals surface area contributed by atoms with E-state index in [1.807, 2.05) is 6.07 Å². The second-order valence-electron chi connectivity index (χ2n) is 13.0. The first-order chi connectivity index (χ1) is 23.9. The first-order valence-electron chi connectivity index (χ1n) is 16.7. The minimum absolute atomic E-state index is 0.0659. The molecular weight excluding hydrogens is 678 g/mol. The molecule has 1 aromatic carbocycles. The van der Waals surface area contributed by atoms with Crippen molar-refractivity contribution < 1.29 is 41.1 Å². The van der Waals surface area contributed by atoms with Crippen LogP contribution in [0, 0.1) is 0 Å². The summed E-state index contributed by atoms with van der Waals surface area (Å²) in [5, 5.41) is 5.33. The number of likely N-dealkylation sites (tertiary alicyclic amines) is 1. The van der Waals surface area contributed by atoms with E-state index in [1.54, 1.807) is 19.2 Å². The molecule has 4 aliphatic heterocycles. The van der Waals surface area contributed by atoms with E-state index >= 15 is 0 Å². The van der Waals surface area contributed by atoms with Gasteiger partial charge in [0, 0.05) is 39.1 Å². The van der Waals surface area contributed by atoms with Crippen molar-refractivity contribution in [1.29, 1.82) is 0 Å². The van der Waals surface area contributed by atoms with Crippen LogP contribution in [0.3, 0.4) is 0 Å². The summed E-state index contributed by atoms with van der Waals surface area (Å²) in [6.45, 7) is 0.393. The van der Waals surface area contributed by atoms with E-state index in [4.69, 9.17) is 0 Å². The van der Waals surface area contributed by atoms with E-state index in [9.17, 15) is 36.4 Å². The monoisotopic (exact) mass is 718 g/mol. The highest BCUT2D eigenvalue weighted by Gasteiger charge is 2.45. The number of hydrogen-bond acceptors (Lipinski definition) is 11. The van der Waals surface area contributed by atoms with Gasteiger partial charge in [-0.25, -0.2) is 9.97 Å². The van der Waals surface area contributed by atoms with E-state index in [0.717, 1.165) is 55.3 Å². The molecule has 270 valence electrons. The van der Waals surface area contributed by atoms with Crippen LogP contribution in [0.5, 0.6) is 5.75 Å². The average molecular weight is 719 g/mol. The number of benzene rings is 1. The fraction of sp³-hybridized carbons (Fsp3) is 0.562. The second kappa shape index (κ2) is 15.0. The summed E-state index contributed by atoms with van der Waals surface area (Å²) in [4.78, 5) is 61.4. The summed E-state index contributed by atoms with van der Waals surface area (Å²) >= 11 is 0. The van der Waals surface area contributed by atoms with Crippen LogP contribution in [-0.4, -0.2) is 125 Å². The normalized spacial score (nSPS) is 21.6. The van der Waals surface area contributed by atoms with Crippen molar-refractivity contribution in [1.82, 2.24) is 33.7 Å². The number of nitrogens with one attached hydrogen (secondary N) is 2. The van der Waals surface area contributed by atoms with Gasteiger partial charge >= 0.3 is 6.61 Å². The Labute approximate surface area is 288 Å². The zero-order valence-electron chi connectivity index (χ0n) is 27.6. The highest BCUT2D eigenvalue weighted by atomic mass is 32.2. The van der Waals surface area contributed by atoms with Gasteiger partial charge in [-0.2, -0.15) is 25.8 Å². The molecule has 15 nitrogen and oxygen atoms in total. The van der Waals surface area contributed by atoms with Crippen molar-refractivity contribution in [2.75, 3.05) is 51.6 Å². The average Bonchev–Trinajstić information content (AvgIpc) is 3.34. The molecule has 18 heteroatoms. The molecule has 3 saturated heterocycles. The highest BCUT2D eigenvalue weighted by molar-refractivity contribution is 7.86. The van der Waals surface area contributed by atoms with Crippen LogP contribution in [0.1, 0.15) is 77.1 Å². The SMILES string of the molecule is CN(CCCN1CCC(c2ccc3c(c2)C(=O)N(C2CCC(=O)NC2=O)C3=O)CC1)S(=O)(=O)N1CCC(Nc2ncc(OC(F)F)cn2)CC1. The Kier molecular flexibility index (Phi) is 10.7. The molecule has 3 fully saturated rings. The second-order valence-corrected chi connectivity index (χ2v) is 15.0. The minimum Gasteiger partial charge on any atom is -0.432 e. The molecule has 2 N–H and O–H groups in total. The molecule has 0 radical (unpaired) electrons. The van der Waals surface area contributed by atoms with Gasteiger partial charge in [-0.05, 0) is 81.8 Å². The molecular formula is C32H40F2N8O7S. The number of imide groups is 2. The molecule has 1 atom stereocenters. The minimum atomic E-state index is -3.64. The number of anilines is 1. The Morgan fingerprint density at radius 2 is 1.66 bits per heavy atom. The first-order valence-corrected chi connectivity index (χ1v) is 18.1. The summed E-state index contributed by atoms with van der Waals surface area (Å²) < 4.78 is 58.3. The highest BCUT2D eigenvalue weighted by Crippen LogP contribution is 2.34. The third kappa shape index (κ3) is 7.77. The largest absolute Gasteiger partial charge is 0.432 e. The van der Waals surface area contributed by atoms with Gasteiger partial charge < -0.3 is 15.0 Å². The summed E-state index contributed by atoms with van der Waals surface area (Å²) in [6.07, 6.45) is 5.90. The molecule has 0 bridgehead atoms. The van der Waals surface area contributed by atoms with Crippen LogP contribution in [0.25, 0.3) is 0 Å². The summed E-state index contributed by atoms with van der Waals surface area (Å²) in [5.74, 6) is -1.78. The van der Waals surface area contributed by atoms with Gasteiger partial charge in [-0.1, -0.05) is 6.07 Å². The molecule has 0 spiro atoms. The molecule has 4 aliphatic rings. The molecule has 4 amide bonds. The van der Waals surface area contributed by atoms with Crippen molar-refractivity contribution in [3.05, 3.63) is 47.3 Å². The van der Waals surface area contributed by atoms with Crippen molar-refractivity contribution >= 4 is 39.8 Å². The van der Waals surface area contributed by atoms with Gasteiger partial charge in [-0.15, -0.1) is 0 Å². The smallest absolute Gasteiger partial charge is 0.387 e.